The Kier molecular flexibility index (Phi) is 4.33. The SMILES string of the molecule is CCN(CC(C)(C#N)NC)c1ccccc1. The van der Waals surface area contributed by atoms with Gasteiger partial charge in [-0.1, -0.05) is 18.2 Å². The van der Waals surface area contributed by atoms with Crippen molar-refractivity contribution in [1.82, 2.24) is 5.32 Å². The van der Waals surface area contributed by atoms with E-state index in [2.05, 4.69) is 35.3 Å². The number of para-hydroxylation sites is 1. The highest BCUT2D eigenvalue weighted by atomic mass is 15.2. The largest absolute Gasteiger partial charge is 0.369 e. The van der Waals surface area contributed by atoms with Crippen molar-refractivity contribution >= 4 is 5.69 Å². The summed E-state index contributed by atoms with van der Waals surface area (Å²) in [6, 6.07) is 12.5. The predicted octanol–water partition coefficient (Wildman–Crippen LogP) is 2.01. The quantitative estimate of drug-likeness (QED) is 0.820. The molecule has 0 amide bonds. The number of rotatable bonds is 5. The Bertz CT molecular complexity index is 355. The van der Waals surface area contributed by atoms with E-state index >= 15 is 0 Å². The van der Waals surface area contributed by atoms with Crippen LogP contribution in [0.15, 0.2) is 30.3 Å². The Labute approximate surface area is 97.7 Å². The molecular weight excluding hydrogens is 198 g/mol. The highest BCUT2D eigenvalue weighted by Crippen LogP contribution is 2.16. The van der Waals surface area contributed by atoms with Crippen molar-refractivity contribution in [1.29, 1.82) is 5.26 Å². The molecule has 0 aliphatic heterocycles. The molecule has 3 nitrogen and oxygen atoms in total. The van der Waals surface area contributed by atoms with E-state index in [0.29, 0.717) is 6.54 Å². The van der Waals surface area contributed by atoms with Crippen LogP contribution in [-0.4, -0.2) is 25.7 Å². The molecule has 0 bridgehead atoms. The second kappa shape index (κ2) is 5.53. The molecule has 16 heavy (non-hydrogen) atoms. The van der Waals surface area contributed by atoms with E-state index in [9.17, 15) is 0 Å². The standard InChI is InChI=1S/C13H19N3/c1-4-16(11-13(2,10-14)15-3)12-8-6-5-7-9-12/h5-9,15H,4,11H2,1-3H3. The van der Waals surface area contributed by atoms with E-state index in [1.165, 1.54) is 0 Å². The maximum atomic E-state index is 9.14. The van der Waals surface area contributed by atoms with Gasteiger partial charge < -0.3 is 10.2 Å². The van der Waals surface area contributed by atoms with Crippen LogP contribution in [0.5, 0.6) is 0 Å². The van der Waals surface area contributed by atoms with Crippen molar-refractivity contribution < 1.29 is 0 Å². The van der Waals surface area contributed by atoms with Gasteiger partial charge in [-0.2, -0.15) is 5.26 Å². The molecule has 0 spiro atoms. The minimum atomic E-state index is -0.508. The number of anilines is 1. The van der Waals surface area contributed by atoms with Gasteiger partial charge in [-0.05, 0) is 33.0 Å². The van der Waals surface area contributed by atoms with Crippen molar-refractivity contribution in [3.63, 3.8) is 0 Å². The smallest absolute Gasteiger partial charge is 0.121 e. The Morgan fingerprint density at radius 3 is 2.44 bits per heavy atom. The van der Waals surface area contributed by atoms with Crippen LogP contribution in [0.3, 0.4) is 0 Å². The third-order valence-electron chi connectivity index (χ3n) is 2.81. The van der Waals surface area contributed by atoms with Gasteiger partial charge in [-0.25, -0.2) is 0 Å². The zero-order chi connectivity index (χ0) is 12.0. The molecule has 1 aromatic rings. The fourth-order valence-corrected chi connectivity index (χ4v) is 1.58. The van der Waals surface area contributed by atoms with Gasteiger partial charge in [0, 0.05) is 18.8 Å². The number of benzene rings is 1. The van der Waals surface area contributed by atoms with E-state index in [0.717, 1.165) is 12.2 Å². The number of nitrogens with one attached hydrogen (secondary N) is 1. The van der Waals surface area contributed by atoms with Crippen molar-refractivity contribution in [3.05, 3.63) is 30.3 Å². The van der Waals surface area contributed by atoms with Gasteiger partial charge in [0.1, 0.15) is 5.54 Å². The van der Waals surface area contributed by atoms with Crippen molar-refractivity contribution in [2.75, 3.05) is 25.0 Å². The zero-order valence-electron chi connectivity index (χ0n) is 10.2. The normalized spacial score (nSPS) is 13.9. The molecule has 1 N–H and O–H groups in total. The van der Waals surface area contributed by atoms with Crippen LogP contribution in [0.25, 0.3) is 0 Å². The number of nitriles is 1. The van der Waals surface area contributed by atoms with Gasteiger partial charge in [0.15, 0.2) is 0 Å². The molecular formula is C13H19N3. The fourth-order valence-electron chi connectivity index (χ4n) is 1.58. The highest BCUT2D eigenvalue weighted by Gasteiger charge is 2.24. The van der Waals surface area contributed by atoms with Crippen LogP contribution in [0.2, 0.25) is 0 Å². The summed E-state index contributed by atoms with van der Waals surface area (Å²) in [6.45, 7) is 5.59. The van der Waals surface area contributed by atoms with E-state index in [1.807, 2.05) is 32.2 Å². The molecule has 3 heteroatoms. The van der Waals surface area contributed by atoms with Crippen molar-refractivity contribution in [3.8, 4) is 6.07 Å². The molecule has 1 unspecified atom stereocenters. The van der Waals surface area contributed by atoms with Gasteiger partial charge in [0.25, 0.3) is 0 Å². The minimum absolute atomic E-state index is 0.508. The summed E-state index contributed by atoms with van der Waals surface area (Å²) in [5.41, 5.74) is 0.646. The van der Waals surface area contributed by atoms with Crippen LogP contribution in [-0.2, 0) is 0 Å². The number of likely N-dealkylation sites (N-methyl/N-ethyl adjacent to an activating group) is 2. The second-order valence-electron chi connectivity index (χ2n) is 4.04. The Morgan fingerprint density at radius 2 is 2.00 bits per heavy atom. The predicted molar refractivity (Wildman–Crippen MR) is 67.4 cm³/mol. The Morgan fingerprint density at radius 1 is 1.38 bits per heavy atom. The highest BCUT2D eigenvalue weighted by molar-refractivity contribution is 5.46. The molecule has 86 valence electrons. The fraction of sp³-hybridized carbons (Fsp3) is 0.462. The summed E-state index contributed by atoms with van der Waals surface area (Å²) >= 11 is 0. The first-order valence-corrected chi connectivity index (χ1v) is 5.55. The van der Waals surface area contributed by atoms with E-state index < -0.39 is 5.54 Å². The molecule has 0 saturated carbocycles. The first-order chi connectivity index (χ1) is 7.65. The molecule has 0 saturated heterocycles. The number of hydrogen-bond donors (Lipinski definition) is 1. The lowest BCUT2D eigenvalue weighted by atomic mass is 10.0. The molecule has 0 radical (unpaired) electrons. The maximum Gasteiger partial charge on any atom is 0.121 e. The van der Waals surface area contributed by atoms with Crippen LogP contribution in [0, 0.1) is 11.3 Å². The van der Waals surface area contributed by atoms with Gasteiger partial charge in [-0.15, -0.1) is 0 Å². The Hall–Kier alpha value is -1.53. The summed E-state index contributed by atoms with van der Waals surface area (Å²) < 4.78 is 0. The first-order valence-electron chi connectivity index (χ1n) is 5.55. The molecule has 0 aromatic heterocycles. The van der Waals surface area contributed by atoms with Crippen LogP contribution in [0.4, 0.5) is 5.69 Å². The third-order valence-corrected chi connectivity index (χ3v) is 2.81. The van der Waals surface area contributed by atoms with Crippen molar-refractivity contribution in [2.24, 2.45) is 0 Å². The number of hydrogen-bond acceptors (Lipinski definition) is 3. The van der Waals surface area contributed by atoms with E-state index in [4.69, 9.17) is 5.26 Å². The first kappa shape index (κ1) is 12.5. The van der Waals surface area contributed by atoms with Crippen LogP contribution < -0.4 is 10.2 Å². The zero-order valence-corrected chi connectivity index (χ0v) is 10.2. The summed E-state index contributed by atoms with van der Waals surface area (Å²) in [4.78, 5) is 2.19. The second-order valence-corrected chi connectivity index (χ2v) is 4.04. The van der Waals surface area contributed by atoms with Crippen molar-refractivity contribution in [2.45, 2.75) is 19.4 Å². The average molecular weight is 217 g/mol. The lowest BCUT2D eigenvalue weighted by Gasteiger charge is -2.31. The van der Waals surface area contributed by atoms with Gasteiger partial charge in [0.05, 0.1) is 6.07 Å². The van der Waals surface area contributed by atoms with E-state index in [1.54, 1.807) is 0 Å². The van der Waals surface area contributed by atoms with Gasteiger partial charge >= 0.3 is 0 Å². The van der Waals surface area contributed by atoms with Gasteiger partial charge in [0.2, 0.25) is 0 Å². The van der Waals surface area contributed by atoms with Gasteiger partial charge in [-0.3, -0.25) is 0 Å². The molecule has 0 fully saturated rings. The topological polar surface area (TPSA) is 39.1 Å². The summed E-state index contributed by atoms with van der Waals surface area (Å²) in [7, 11) is 1.82. The molecule has 0 heterocycles. The molecule has 0 aliphatic carbocycles. The third kappa shape index (κ3) is 2.98. The monoisotopic (exact) mass is 217 g/mol. The number of nitrogens with zero attached hydrogens (tertiary/aromatic N) is 2. The molecule has 1 rings (SSSR count). The average Bonchev–Trinajstić information content (AvgIpc) is 2.36. The molecule has 0 aliphatic rings. The van der Waals surface area contributed by atoms with Crippen LogP contribution in [0.1, 0.15) is 13.8 Å². The Balaban J connectivity index is 2.82. The lowest BCUT2D eigenvalue weighted by Crippen LogP contribution is -2.49. The van der Waals surface area contributed by atoms with Crippen LogP contribution >= 0.6 is 0 Å². The summed E-state index contributed by atoms with van der Waals surface area (Å²) in [5, 5.41) is 12.2. The maximum absolute atomic E-state index is 9.14. The summed E-state index contributed by atoms with van der Waals surface area (Å²) in [5.74, 6) is 0. The molecule has 1 aromatic carbocycles. The molecule has 1 atom stereocenters. The van der Waals surface area contributed by atoms with E-state index in [-0.39, 0.29) is 0 Å². The summed E-state index contributed by atoms with van der Waals surface area (Å²) in [6.07, 6.45) is 0. The lowest BCUT2D eigenvalue weighted by molar-refractivity contribution is 0.484. The minimum Gasteiger partial charge on any atom is -0.369 e.